The number of hydrogen-bond acceptors (Lipinski definition) is 2. The second-order valence-corrected chi connectivity index (χ2v) is 7.35. The molecule has 1 fully saturated rings. The highest BCUT2D eigenvalue weighted by atomic mass is 79.9. The standard InChI is InChI=1S/C18H17BrOS/c19-14-8-10-15(11-9-14)21-12-18(20)17-7-2-1-6-16(17)13-4-3-5-13/h1-2,6-11,13H,3-5,12H2. The van der Waals surface area contributed by atoms with E-state index in [1.807, 2.05) is 42.5 Å². The van der Waals surface area contributed by atoms with E-state index in [1.165, 1.54) is 24.8 Å². The van der Waals surface area contributed by atoms with E-state index in [0.29, 0.717) is 11.7 Å². The Morgan fingerprint density at radius 1 is 1.10 bits per heavy atom. The molecule has 3 heteroatoms. The summed E-state index contributed by atoms with van der Waals surface area (Å²) >= 11 is 5.03. The van der Waals surface area contributed by atoms with Crippen LogP contribution in [0.2, 0.25) is 0 Å². The molecule has 0 spiro atoms. The molecule has 1 aliphatic carbocycles. The maximum atomic E-state index is 12.5. The largest absolute Gasteiger partial charge is 0.293 e. The maximum absolute atomic E-state index is 12.5. The molecule has 1 aliphatic rings. The summed E-state index contributed by atoms with van der Waals surface area (Å²) in [4.78, 5) is 13.7. The average molecular weight is 361 g/mol. The van der Waals surface area contributed by atoms with Gasteiger partial charge in [0.1, 0.15) is 0 Å². The van der Waals surface area contributed by atoms with Gasteiger partial charge in [-0.25, -0.2) is 0 Å². The average Bonchev–Trinajstić information content (AvgIpc) is 2.45. The van der Waals surface area contributed by atoms with Crippen LogP contribution in [-0.2, 0) is 0 Å². The highest BCUT2D eigenvalue weighted by Gasteiger charge is 2.23. The molecule has 1 nitrogen and oxygen atoms in total. The van der Waals surface area contributed by atoms with Crippen LogP contribution in [0.3, 0.4) is 0 Å². The molecule has 2 aromatic carbocycles. The number of halogens is 1. The Labute approximate surface area is 138 Å². The molecule has 0 aromatic heterocycles. The van der Waals surface area contributed by atoms with Crippen molar-refractivity contribution in [2.75, 3.05) is 5.75 Å². The molecule has 0 unspecified atom stereocenters. The Bertz CT molecular complexity index is 632. The molecule has 0 bridgehead atoms. The van der Waals surface area contributed by atoms with Crippen molar-refractivity contribution in [3.8, 4) is 0 Å². The summed E-state index contributed by atoms with van der Waals surface area (Å²) in [7, 11) is 0. The van der Waals surface area contributed by atoms with Crippen molar-refractivity contribution in [1.82, 2.24) is 0 Å². The number of carbonyl (C=O) groups is 1. The van der Waals surface area contributed by atoms with Gasteiger partial charge in [0, 0.05) is 14.9 Å². The minimum absolute atomic E-state index is 0.241. The first-order valence-electron chi connectivity index (χ1n) is 7.24. The predicted molar refractivity (Wildman–Crippen MR) is 92.2 cm³/mol. The number of Topliss-reactive ketones (excluding diaryl/α,β-unsaturated/α-hetero) is 1. The van der Waals surface area contributed by atoms with Crippen molar-refractivity contribution >= 4 is 33.5 Å². The molecule has 0 amide bonds. The number of ketones is 1. The topological polar surface area (TPSA) is 17.1 Å². The van der Waals surface area contributed by atoms with Crippen molar-refractivity contribution < 1.29 is 4.79 Å². The molecule has 0 saturated heterocycles. The highest BCUT2D eigenvalue weighted by Crippen LogP contribution is 2.38. The smallest absolute Gasteiger partial charge is 0.173 e. The van der Waals surface area contributed by atoms with Gasteiger partial charge in [-0.1, -0.05) is 46.6 Å². The van der Waals surface area contributed by atoms with E-state index >= 15 is 0 Å². The third-order valence-corrected chi connectivity index (χ3v) is 5.53. The van der Waals surface area contributed by atoms with Crippen molar-refractivity contribution in [2.45, 2.75) is 30.1 Å². The van der Waals surface area contributed by atoms with Gasteiger partial charge >= 0.3 is 0 Å². The van der Waals surface area contributed by atoms with Gasteiger partial charge in [-0.15, -0.1) is 11.8 Å². The van der Waals surface area contributed by atoms with Crippen molar-refractivity contribution in [2.24, 2.45) is 0 Å². The maximum Gasteiger partial charge on any atom is 0.173 e. The van der Waals surface area contributed by atoms with Crippen LogP contribution >= 0.6 is 27.7 Å². The lowest BCUT2D eigenvalue weighted by Crippen LogP contribution is -2.14. The molecule has 1 saturated carbocycles. The van der Waals surface area contributed by atoms with E-state index in [1.54, 1.807) is 11.8 Å². The highest BCUT2D eigenvalue weighted by molar-refractivity contribution is 9.10. The summed E-state index contributed by atoms with van der Waals surface area (Å²) in [6.07, 6.45) is 3.75. The van der Waals surface area contributed by atoms with Crippen LogP contribution in [0, 0.1) is 0 Å². The lowest BCUT2D eigenvalue weighted by molar-refractivity contribution is 0.102. The predicted octanol–water partition coefficient (Wildman–Crippen LogP) is 5.69. The monoisotopic (exact) mass is 360 g/mol. The minimum atomic E-state index is 0.241. The Hall–Kier alpha value is -1.06. The van der Waals surface area contributed by atoms with Crippen LogP contribution in [-0.4, -0.2) is 11.5 Å². The van der Waals surface area contributed by atoms with E-state index in [4.69, 9.17) is 0 Å². The molecular formula is C18H17BrOS. The molecule has 21 heavy (non-hydrogen) atoms. The van der Waals surface area contributed by atoms with Gasteiger partial charge in [0.15, 0.2) is 5.78 Å². The molecule has 0 aliphatic heterocycles. The fourth-order valence-electron chi connectivity index (χ4n) is 2.58. The minimum Gasteiger partial charge on any atom is -0.293 e. The zero-order chi connectivity index (χ0) is 14.7. The summed E-state index contributed by atoms with van der Waals surface area (Å²) in [5.41, 5.74) is 2.18. The van der Waals surface area contributed by atoms with Crippen LogP contribution in [0.5, 0.6) is 0 Å². The molecular weight excluding hydrogens is 344 g/mol. The molecule has 0 N–H and O–H groups in total. The molecule has 3 rings (SSSR count). The van der Waals surface area contributed by atoms with Crippen molar-refractivity contribution in [3.05, 3.63) is 64.1 Å². The molecule has 0 radical (unpaired) electrons. The van der Waals surface area contributed by atoms with E-state index in [2.05, 4.69) is 22.0 Å². The number of hydrogen-bond donors (Lipinski definition) is 0. The fraction of sp³-hybridized carbons (Fsp3) is 0.278. The van der Waals surface area contributed by atoms with Gasteiger partial charge in [-0.3, -0.25) is 4.79 Å². The zero-order valence-electron chi connectivity index (χ0n) is 11.7. The van der Waals surface area contributed by atoms with Crippen LogP contribution in [0.1, 0.15) is 41.1 Å². The fourth-order valence-corrected chi connectivity index (χ4v) is 3.63. The van der Waals surface area contributed by atoms with E-state index in [-0.39, 0.29) is 5.78 Å². The van der Waals surface area contributed by atoms with Crippen LogP contribution < -0.4 is 0 Å². The normalized spacial score (nSPS) is 14.7. The van der Waals surface area contributed by atoms with Gasteiger partial charge in [0.05, 0.1) is 5.75 Å². The first kappa shape index (κ1) is 14.9. The third kappa shape index (κ3) is 3.58. The van der Waals surface area contributed by atoms with Crippen LogP contribution in [0.4, 0.5) is 0 Å². The third-order valence-electron chi connectivity index (χ3n) is 3.99. The molecule has 0 atom stereocenters. The number of rotatable bonds is 5. The summed E-state index contributed by atoms with van der Waals surface area (Å²) in [6.45, 7) is 0. The number of thioether (sulfide) groups is 1. The lowest BCUT2D eigenvalue weighted by atomic mass is 9.78. The summed E-state index contributed by atoms with van der Waals surface area (Å²) < 4.78 is 1.06. The van der Waals surface area contributed by atoms with Crippen LogP contribution in [0.25, 0.3) is 0 Å². The number of benzene rings is 2. The van der Waals surface area contributed by atoms with Gasteiger partial charge < -0.3 is 0 Å². The molecule has 108 valence electrons. The summed E-state index contributed by atoms with van der Waals surface area (Å²) in [6, 6.07) is 16.2. The Balaban J connectivity index is 1.69. The van der Waals surface area contributed by atoms with Gasteiger partial charge in [-0.05, 0) is 48.6 Å². The van der Waals surface area contributed by atoms with Crippen molar-refractivity contribution in [1.29, 1.82) is 0 Å². The Morgan fingerprint density at radius 2 is 1.81 bits per heavy atom. The van der Waals surface area contributed by atoms with E-state index in [0.717, 1.165) is 14.9 Å². The second kappa shape index (κ2) is 6.80. The first-order valence-corrected chi connectivity index (χ1v) is 9.02. The van der Waals surface area contributed by atoms with Crippen molar-refractivity contribution in [3.63, 3.8) is 0 Å². The molecule has 2 aromatic rings. The second-order valence-electron chi connectivity index (χ2n) is 5.38. The van der Waals surface area contributed by atoms with Gasteiger partial charge in [0.2, 0.25) is 0 Å². The SMILES string of the molecule is O=C(CSc1ccc(Br)cc1)c1ccccc1C1CCC1. The quantitative estimate of drug-likeness (QED) is 0.503. The van der Waals surface area contributed by atoms with E-state index in [9.17, 15) is 4.79 Å². The summed E-state index contributed by atoms with van der Waals surface area (Å²) in [5.74, 6) is 1.35. The van der Waals surface area contributed by atoms with Crippen LogP contribution in [0.15, 0.2) is 57.9 Å². The van der Waals surface area contributed by atoms with Gasteiger partial charge in [-0.2, -0.15) is 0 Å². The van der Waals surface area contributed by atoms with Gasteiger partial charge in [0.25, 0.3) is 0 Å². The summed E-state index contributed by atoms with van der Waals surface area (Å²) in [5, 5.41) is 0. The number of carbonyl (C=O) groups excluding carboxylic acids is 1. The Morgan fingerprint density at radius 3 is 2.48 bits per heavy atom. The zero-order valence-corrected chi connectivity index (χ0v) is 14.1. The first-order chi connectivity index (χ1) is 10.2. The molecule has 0 heterocycles. The lowest BCUT2D eigenvalue weighted by Gasteiger charge is -2.27. The van der Waals surface area contributed by atoms with E-state index < -0.39 is 0 Å². The Kier molecular flexibility index (Phi) is 4.81.